The average Bonchev–Trinajstić information content (AvgIpc) is 3.04. The summed E-state index contributed by atoms with van der Waals surface area (Å²) in [5, 5.41) is 14.9. The number of nitrogens with zero attached hydrogens (tertiary/aromatic N) is 1. The number of amides is 1. The maximum atomic E-state index is 13.4. The number of ether oxygens (including phenoxy) is 1. The second-order valence-electron chi connectivity index (χ2n) is 11.0. The molecular weight excluding hydrogens is 375 g/mol. The first kappa shape index (κ1) is 18.9. The average molecular weight is 406 g/mol. The Morgan fingerprint density at radius 2 is 1.83 bits per heavy atom. The summed E-state index contributed by atoms with van der Waals surface area (Å²) in [6, 6.07) is 6.12. The van der Waals surface area contributed by atoms with Gasteiger partial charge in [0.05, 0.1) is 25.3 Å². The smallest absolute Gasteiger partial charge is 0.253 e. The maximum absolute atomic E-state index is 13.4. The Labute approximate surface area is 178 Å². The van der Waals surface area contributed by atoms with E-state index in [9.17, 15) is 9.90 Å². The van der Waals surface area contributed by atoms with Gasteiger partial charge in [-0.05, 0) is 67.8 Å². The van der Waals surface area contributed by atoms with Crippen molar-refractivity contribution in [3.05, 3.63) is 30.0 Å². The van der Waals surface area contributed by atoms with E-state index in [0.717, 1.165) is 46.2 Å². The zero-order valence-electron chi connectivity index (χ0n) is 17.8. The van der Waals surface area contributed by atoms with Crippen LogP contribution in [0.15, 0.2) is 24.4 Å². The van der Waals surface area contributed by atoms with Crippen molar-refractivity contribution in [3.8, 4) is 0 Å². The summed E-state index contributed by atoms with van der Waals surface area (Å²) in [6.07, 6.45) is 10.1. The molecule has 1 aromatic heterocycles. The number of nitrogens with one attached hydrogen (secondary N) is 1. The van der Waals surface area contributed by atoms with Gasteiger partial charge in [-0.1, -0.05) is 17.6 Å². The van der Waals surface area contributed by atoms with Crippen molar-refractivity contribution < 1.29 is 14.6 Å². The van der Waals surface area contributed by atoms with E-state index in [2.05, 4.69) is 19.2 Å². The molecule has 1 aromatic carbocycles. The van der Waals surface area contributed by atoms with Crippen molar-refractivity contribution in [1.82, 2.24) is 9.88 Å². The minimum atomic E-state index is -0.831. The summed E-state index contributed by atoms with van der Waals surface area (Å²) >= 11 is 0. The Balaban J connectivity index is 1.26. The summed E-state index contributed by atoms with van der Waals surface area (Å²) < 4.78 is 7.25. The van der Waals surface area contributed by atoms with E-state index in [1.165, 1.54) is 38.5 Å². The SMILES string of the molecule is Bc1cccc2c1c(C(=O)NCC13CC4CC(CC(C4)C1)C3)cn2CC1(O)COC1. The largest absolute Gasteiger partial charge is 0.383 e. The molecule has 1 amide bonds. The number of aliphatic hydroxyl groups is 1. The number of rotatable bonds is 5. The monoisotopic (exact) mass is 406 g/mol. The van der Waals surface area contributed by atoms with Crippen molar-refractivity contribution >= 4 is 30.1 Å². The number of carbonyl (C=O) groups is 1. The van der Waals surface area contributed by atoms with Gasteiger partial charge in [-0.2, -0.15) is 0 Å². The molecule has 5 nitrogen and oxygen atoms in total. The molecule has 5 aliphatic rings. The molecule has 2 aromatic rings. The van der Waals surface area contributed by atoms with Crippen molar-refractivity contribution in [1.29, 1.82) is 0 Å². The number of benzene rings is 1. The fourth-order valence-electron chi connectivity index (χ4n) is 7.45. The highest BCUT2D eigenvalue weighted by molar-refractivity contribution is 6.40. The van der Waals surface area contributed by atoms with Crippen LogP contribution in [0.1, 0.15) is 48.9 Å². The molecule has 0 unspecified atom stereocenters. The predicted molar refractivity (Wildman–Crippen MR) is 119 cm³/mol. The molecule has 1 saturated heterocycles. The van der Waals surface area contributed by atoms with E-state index in [1.807, 2.05) is 22.9 Å². The van der Waals surface area contributed by atoms with Gasteiger partial charge in [-0.25, -0.2) is 0 Å². The minimum absolute atomic E-state index is 0.0284. The zero-order valence-corrected chi connectivity index (χ0v) is 17.8. The summed E-state index contributed by atoms with van der Waals surface area (Å²) in [4.78, 5) is 13.4. The van der Waals surface area contributed by atoms with Gasteiger partial charge in [0.25, 0.3) is 5.91 Å². The number of hydrogen-bond acceptors (Lipinski definition) is 3. The molecule has 2 N–H and O–H groups in total. The molecule has 0 spiro atoms. The van der Waals surface area contributed by atoms with Crippen LogP contribution >= 0.6 is 0 Å². The number of carbonyl (C=O) groups excluding carboxylic acids is 1. The van der Waals surface area contributed by atoms with Crippen LogP contribution in [0.3, 0.4) is 0 Å². The maximum Gasteiger partial charge on any atom is 0.253 e. The number of hydrogen-bond donors (Lipinski definition) is 2. The van der Waals surface area contributed by atoms with Gasteiger partial charge in [0.15, 0.2) is 0 Å². The Hall–Kier alpha value is -1.79. The van der Waals surface area contributed by atoms with Crippen LogP contribution in [0.2, 0.25) is 0 Å². The lowest BCUT2D eigenvalue weighted by atomic mass is 9.49. The van der Waals surface area contributed by atoms with Crippen LogP contribution in [-0.4, -0.2) is 48.8 Å². The molecule has 0 atom stereocenters. The van der Waals surface area contributed by atoms with E-state index in [1.54, 1.807) is 0 Å². The molecular formula is C24H31BN2O3. The fourth-order valence-corrected chi connectivity index (χ4v) is 7.45. The summed E-state index contributed by atoms with van der Waals surface area (Å²) in [5.74, 6) is 2.70. The highest BCUT2D eigenvalue weighted by Gasteiger charge is 2.50. The van der Waals surface area contributed by atoms with Gasteiger partial charge in [-0.15, -0.1) is 0 Å². The molecule has 1 aliphatic heterocycles. The molecule has 158 valence electrons. The normalized spacial score (nSPS) is 33.6. The third-order valence-electron chi connectivity index (χ3n) is 8.35. The highest BCUT2D eigenvalue weighted by Crippen LogP contribution is 2.59. The van der Waals surface area contributed by atoms with Gasteiger partial charge >= 0.3 is 0 Å². The van der Waals surface area contributed by atoms with Gasteiger partial charge in [0, 0.05) is 23.6 Å². The highest BCUT2D eigenvalue weighted by atomic mass is 16.5. The van der Waals surface area contributed by atoms with E-state index in [-0.39, 0.29) is 5.91 Å². The lowest BCUT2D eigenvalue weighted by Gasteiger charge is -2.56. The Morgan fingerprint density at radius 3 is 2.43 bits per heavy atom. The second kappa shape index (κ2) is 6.60. The van der Waals surface area contributed by atoms with Crippen LogP contribution in [0, 0.1) is 23.2 Å². The second-order valence-corrected chi connectivity index (χ2v) is 11.0. The minimum Gasteiger partial charge on any atom is -0.383 e. The van der Waals surface area contributed by atoms with Gasteiger partial charge in [0.2, 0.25) is 0 Å². The summed E-state index contributed by atoms with van der Waals surface area (Å²) in [5.41, 5.74) is 2.34. The van der Waals surface area contributed by atoms with Gasteiger partial charge < -0.3 is 19.7 Å². The molecule has 4 bridgehead atoms. The van der Waals surface area contributed by atoms with Crippen LogP contribution in [0.25, 0.3) is 10.9 Å². The Kier molecular flexibility index (Phi) is 4.17. The van der Waals surface area contributed by atoms with Crippen LogP contribution in [-0.2, 0) is 11.3 Å². The van der Waals surface area contributed by atoms with E-state index in [4.69, 9.17) is 4.74 Å². The van der Waals surface area contributed by atoms with Crippen molar-refractivity contribution in [2.75, 3.05) is 19.8 Å². The zero-order chi connectivity index (χ0) is 20.5. The molecule has 4 saturated carbocycles. The van der Waals surface area contributed by atoms with Crippen LogP contribution in [0.4, 0.5) is 0 Å². The quantitative estimate of drug-likeness (QED) is 0.742. The molecule has 2 heterocycles. The van der Waals surface area contributed by atoms with E-state index >= 15 is 0 Å². The summed E-state index contributed by atoms with van der Waals surface area (Å²) in [6.45, 7) is 1.97. The molecule has 7 rings (SSSR count). The van der Waals surface area contributed by atoms with E-state index < -0.39 is 5.60 Å². The first-order valence-corrected chi connectivity index (χ1v) is 11.6. The molecule has 0 radical (unpaired) electrons. The van der Waals surface area contributed by atoms with E-state index in [0.29, 0.717) is 25.2 Å². The lowest BCUT2D eigenvalue weighted by Crippen LogP contribution is -2.52. The fraction of sp³-hybridized carbons (Fsp3) is 0.625. The number of aromatic nitrogens is 1. The van der Waals surface area contributed by atoms with Gasteiger partial charge in [-0.3, -0.25) is 4.79 Å². The first-order chi connectivity index (χ1) is 14.4. The van der Waals surface area contributed by atoms with Crippen LogP contribution < -0.4 is 10.8 Å². The lowest BCUT2D eigenvalue weighted by molar-refractivity contribution is -0.184. The molecule has 4 aliphatic carbocycles. The Bertz CT molecular complexity index is 974. The molecule has 6 heteroatoms. The first-order valence-electron chi connectivity index (χ1n) is 11.6. The van der Waals surface area contributed by atoms with Crippen molar-refractivity contribution in [3.63, 3.8) is 0 Å². The topological polar surface area (TPSA) is 63.5 Å². The number of fused-ring (bicyclic) bond motifs is 1. The third-order valence-corrected chi connectivity index (χ3v) is 8.35. The molecule has 5 fully saturated rings. The standard InChI is InChI=1S/C24H31BN2O3/c25-19-2-1-3-20-21(19)18(10-27(20)12-24(29)13-30-14-24)22(28)26-11-23-7-15-4-16(8-23)6-17(5-15)9-23/h1-3,10,15-17,29H,4-9,11-14,25H2,(H,26,28). The molecule has 30 heavy (non-hydrogen) atoms. The predicted octanol–water partition coefficient (Wildman–Crippen LogP) is 1.61. The van der Waals surface area contributed by atoms with Crippen molar-refractivity contribution in [2.24, 2.45) is 23.2 Å². The third kappa shape index (κ3) is 3.03. The summed E-state index contributed by atoms with van der Waals surface area (Å²) in [7, 11) is 2.06. The van der Waals surface area contributed by atoms with Crippen LogP contribution in [0.5, 0.6) is 0 Å². The van der Waals surface area contributed by atoms with Crippen molar-refractivity contribution in [2.45, 2.75) is 50.7 Å². The van der Waals surface area contributed by atoms with Gasteiger partial charge in [0.1, 0.15) is 13.4 Å². The Morgan fingerprint density at radius 1 is 1.17 bits per heavy atom.